The van der Waals surface area contributed by atoms with Gasteiger partial charge in [0.25, 0.3) is 0 Å². The highest BCUT2D eigenvalue weighted by molar-refractivity contribution is 8.76. The van der Waals surface area contributed by atoms with Crippen LogP contribution in [0.15, 0.2) is 0 Å². The van der Waals surface area contributed by atoms with Gasteiger partial charge in [-0.15, -0.1) is 0 Å². The largest absolute Gasteiger partial charge is 0.368 e. The third-order valence-electron chi connectivity index (χ3n) is 4.36. The zero-order valence-electron chi connectivity index (χ0n) is 18.7. The minimum Gasteiger partial charge on any atom is -0.368 e. The summed E-state index contributed by atoms with van der Waals surface area (Å²) in [6, 6.07) is -1.18. The highest BCUT2D eigenvalue weighted by Gasteiger charge is 2.23. The Morgan fingerprint density at radius 3 is 2.07 bits per heavy atom. The number of nitrogens with two attached hydrogens (primary N) is 1. The van der Waals surface area contributed by atoms with Crippen LogP contribution >= 0.6 is 34.2 Å². The van der Waals surface area contributed by atoms with Crippen molar-refractivity contribution in [3.05, 3.63) is 0 Å². The van der Waals surface area contributed by atoms with Crippen LogP contribution in [-0.4, -0.2) is 73.9 Å². The Hall–Kier alpha value is -0.750. The Morgan fingerprint density at radius 2 is 1.67 bits per heavy atom. The number of carbonyl (C=O) groups is 4. The summed E-state index contributed by atoms with van der Waals surface area (Å²) in [5.74, 6) is -1.27. The molecule has 0 rings (SSSR count). The van der Waals surface area contributed by atoms with Crippen LogP contribution in [0.3, 0.4) is 0 Å². The molecule has 11 heteroatoms. The lowest BCUT2D eigenvalue weighted by molar-refractivity contribution is -0.130. The van der Waals surface area contributed by atoms with Gasteiger partial charge in [-0.05, 0) is 52.3 Å². The fourth-order valence-corrected chi connectivity index (χ4v) is 2.69. The van der Waals surface area contributed by atoms with Gasteiger partial charge >= 0.3 is 0 Å². The number of carbonyl (C=O) groups excluding carboxylic acids is 4. The molecule has 0 spiro atoms. The average molecular weight is 483 g/mol. The first-order chi connectivity index (χ1) is 14.2. The standard InChI is InChI=1S/C17H32N4O4S.C2H6S2/c1-4-12(17(25)21-15(10-26)16(18)24)5-6-13(23)9-20-14(11(2)22)7-8-19-3;1-3-4-2/h12,14-15,19-20,26H,4-10H2,1-3H3,(H2,18,24)(H,21,25);1-2H3/t12-,14-,15-;/m0./s1. The lowest BCUT2D eigenvalue weighted by Crippen LogP contribution is -2.47. The van der Waals surface area contributed by atoms with Gasteiger partial charge in [0, 0.05) is 18.1 Å². The zero-order chi connectivity index (χ0) is 23.5. The summed E-state index contributed by atoms with van der Waals surface area (Å²) in [4.78, 5) is 47.0. The van der Waals surface area contributed by atoms with E-state index in [1.54, 1.807) is 28.6 Å². The molecule has 30 heavy (non-hydrogen) atoms. The monoisotopic (exact) mass is 482 g/mol. The van der Waals surface area contributed by atoms with Crippen molar-refractivity contribution < 1.29 is 19.2 Å². The van der Waals surface area contributed by atoms with Gasteiger partial charge in [0.05, 0.1) is 12.6 Å². The SMILES string of the molecule is CC[C@@H](CCC(=O)CN[C@@H](CCNC)C(C)=O)C(=O)N[C@@H](CS)C(N)=O.CSSC. The first kappa shape index (κ1) is 31.4. The molecule has 0 aromatic carbocycles. The van der Waals surface area contributed by atoms with Gasteiger partial charge in [0.15, 0.2) is 0 Å². The van der Waals surface area contributed by atoms with Crippen LogP contribution in [0.1, 0.15) is 39.5 Å². The maximum absolute atomic E-state index is 12.2. The molecule has 0 bridgehead atoms. The zero-order valence-corrected chi connectivity index (χ0v) is 21.2. The second-order valence-corrected chi connectivity index (χ2v) is 9.63. The molecule has 0 aromatic heterocycles. The molecule has 0 aliphatic carbocycles. The molecule has 0 saturated heterocycles. The minimum atomic E-state index is -0.819. The average Bonchev–Trinajstić information content (AvgIpc) is 2.71. The quantitative estimate of drug-likeness (QED) is 0.163. The number of hydrogen-bond acceptors (Lipinski definition) is 9. The Kier molecular flexibility index (Phi) is 21.1. The van der Waals surface area contributed by atoms with Crippen LogP contribution in [0.4, 0.5) is 0 Å². The fraction of sp³-hybridized carbons (Fsp3) is 0.789. The smallest absolute Gasteiger partial charge is 0.240 e. The number of Topliss-reactive ketones (excluding diaryl/α,β-unsaturated/α-hetero) is 2. The van der Waals surface area contributed by atoms with E-state index >= 15 is 0 Å². The van der Waals surface area contributed by atoms with Crippen LogP contribution < -0.4 is 21.7 Å². The molecule has 8 nitrogen and oxygen atoms in total. The molecule has 0 saturated carbocycles. The van der Waals surface area contributed by atoms with Crippen molar-refractivity contribution in [2.45, 2.75) is 51.6 Å². The lowest BCUT2D eigenvalue weighted by atomic mass is 9.97. The van der Waals surface area contributed by atoms with Gasteiger partial charge in [0.2, 0.25) is 11.8 Å². The number of hydrogen-bond donors (Lipinski definition) is 5. The van der Waals surface area contributed by atoms with E-state index in [1.165, 1.54) is 6.92 Å². The molecular weight excluding hydrogens is 444 g/mol. The second-order valence-electron chi connectivity index (χ2n) is 6.60. The van der Waals surface area contributed by atoms with Gasteiger partial charge in [-0.3, -0.25) is 19.2 Å². The van der Waals surface area contributed by atoms with Crippen LogP contribution in [0.2, 0.25) is 0 Å². The molecule has 0 heterocycles. The van der Waals surface area contributed by atoms with E-state index in [4.69, 9.17) is 5.73 Å². The Bertz CT molecular complexity index is 522. The van der Waals surface area contributed by atoms with E-state index in [1.807, 2.05) is 6.92 Å². The van der Waals surface area contributed by atoms with Crippen molar-refractivity contribution in [2.24, 2.45) is 11.7 Å². The van der Waals surface area contributed by atoms with Gasteiger partial charge in [0.1, 0.15) is 17.6 Å². The molecule has 0 unspecified atom stereocenters. The van der Waals surface area contributed by atoms with Crippen molar-refractivity contribution in [2.75, 3.05) is 38.4 Å². The molecule has 0 aliphatic rings. The fourth-order valence-electron chi connectivity index (χ4n) is 2.42. The van der Waals surface area contributed by atoms with Crippen molar-refractivity contribution in [3.63, 3.8) is 0 Å². The molecule has 0 aliphatic heterocycles. The van der Waals surface area contributed by atoms with Crippen LogP contribution in [-0.2, 0) is 19.2 Å². The third-order valence-corrected chi connectivity index (χ3v) is 6.06. The topological polar surface area (TPSA) is 130 Å². The van der Waals surface area contributed by atoms with E-state index in [0.29, 0.717) is 25.8 Å². The molecule has 3 atom stereocenters. The van der Waals surface area contributed by atoms with Gasteiger partial charge in [-0.2, -0.15) is 12.6 Å². The van der Waals surface area contributed by atoms with Crippen molar-refractivity contribution >= 4 is 57.6 Å². The molecule has 176 valence electrons. The van der Waals surface area contributed by atoms with Crippen molar-refractivity contribution in [1.29, 1.82) is 0 Å². The van der Waals surface area contributed by atoms with E-state index in [9.17, 15) is 19.2 Å². The third kappa shape index (κ3) is 16.0. The molecule has 0 radical (unpaired) electrons. The van der Waals surface area contributed by atoms with E-state index in [0.717, 1.165) is 0 Å². The molecule has 0 aromatic rings. The van der Waals surface area contributed by atoms with E-state index in [2.05, 4.69) is 41.1 Å². The summed E-state index contributed by atoms with van der Waals surface area (Å²) < 4.78 is 0. The number of thiol groups is 1. The number of primary amides is 1. The number of nitrogens with one attached hydrogen (secondary N) is 3. The predicted molar refractivity (Wildman–Crippen MR) is 131 cm³/mol. The van der Waals surface area contributed by atoms with Crippen molar-refractivity contribution in [1.82, 2.24) is 16.0 Å². The Labute approximate surface area is 194 Å². The van der Waals surface area contributed by atoms with Gasteiger partial charge in [-0.25, -0.2) is 0 Å². The summed E-state index contributed by atoms with van der Waals surface area (Å²) in [6.45, 7) is 4.10. The van der Waals surface area contributed by atoms with Gasteiger partial charge < -0.3 is 21.7 Å². The number of amides is 2. The van der Waals surface area contributed by atoms with Gasteiger partial charge in [-0.1, -0.05) is 28.5 Å². The molecule has 0 fully saturated rings. The van der Waals surface area contributed by atoms with Crippen LogP contribution in [0, 0.1) is 5.92 Å². The lowest BCUT2D eigenvalue weighted by Gasteiger charge is -2.19. The Morgan fingerprint density at radius 1 is 1.07 bits per heavy atom. The first-order valence-corrected chi connectivity index (χ1v) is 13.5. The van der Waals surface area contributed by atoms with E-state index < -0.39 is 11.9 Å². The Balaban J connectivity index is 0. The summed E-state index contributed by atoms with van der Waals surface area (Å²) in [7, 11) is 5.35. The first-order valence-electron chi connectivity index (χ1n) is 9.85. The summed E-state index contributed by atoms with van der Waals surface area (Å²) in [5, 5.41) is 8.50. The van der Waals surface area contributed by atoms with E-state index in [-0.39, 0.29) is 48.2 Å². The molecular formula is C19H38N4O4S3. The maximum Gasteiger partial charge on any atom is 0.240 e. The highest BCUT2D eigenvalue weighted by atomic mass is 33.1. The predicted octanol–water partition coefficient (Wildman–Crippen LogP) is 1.05. The minimum absolute atomic E-state index is 0.0110. The second kappa shape index (κ2) is 20.2. The van der Waals surface area contributed by atoms with Crippen LogP contribution in [0.5, 0.6) is 0 Å². The molecule has 2 amide bonds. The molecule has 5 N–H and O–H groups in total. The maximum atomic E-state index is 12.2. The summed E-state index contributed by atoms with van der Waals surface area (Å²) >= 11 is 3.99. The summed E-state index contributed by atoms with van der Waals surface area (Å²) in [5.41, 5.74) is 5.19. The van der Waals surface area contributed by atoms with Crippen LogP contribution in [0.25, 0.3) is 0 Å². The highest BCUT2D eigenvalue weighted by Crippen LogP contribution is 2.12. The normalized spacial score (nSPS) is 13.4. The summed E-state index contributed by atoms with van der Waals surface area (Å²) in [6.07, 6.45) is 5.87. The number of rotatable bonds is 16. The van der Waals surface area contributed by atoms with Crippen molar-refractivity contribution in [3.8, 4) is 0 Å². The number of ketones is 2.